The summed E-state index contributed by atoms with van der Waals surface area (Å²) in [6.07, 6.45) is 0.360. The summed E-state index contributed by atoms with van der Waals surface area (Å²) in [7, 11) is 4.73. The van der Waals surface area contributed by atoms with Crippen molar-refractivity contribution in [3.05, 3.63) is 52.5 Å². The Kier molecular flexibility index (Phi) is 6.03. The van der Waals surface area contributed by atoms with E-state index in [0.717, 1.165) is 17.4 Å². The molecule has 31 heavy (non-hydrogen) atoms. The van der Waals surface area contributed by atoms with Crippen molar-refractivity contribution in [3.63, 3.8) is 0 Å². The normalized spacial score (nSPS) is 17.1. The van der Waals surface area contributed by atoms with Gasteiger partial charge in [0.25, 0.3) is 5.91 Å². The van der Waals surface area contributed by atoms with Gasteiger partial charge in [0.05, 0.1) is 26.7 Å². The van der Waals surface area contributed by atoms with Crippen molar-refractivity contribution in [1.29, 1.82) is 0 Å². The number of hydrogen-bond acceptors (Lipinski definition) is 8. The van der Waals surface area contributed by atoms with Gasteiger partial charge in [-0.3, -0.25) is 15.1 Å². The van der Waals surface area contributed by atoms with E-state index < -0.39 is 6.17 Å². The van der Waals surface area contributed by atoms with E-state index in [9.17, 15) is 4.79 Å². The summed E-state index contributed by atoms with van der Waals surface area (Å²) in [5.41, 5.74) is 1.17. The minimum absolute atomic E-state index is 0.208. The molecule has 0 spiro atoms. The molecule has 0 bridgehead atoms. The van der Waals surface area contributed by atoms with Gasteiger partial charge in [-0.2, -0.15) is 0 Å². The lowest BCUT2D eigenvalue weighted by molar-refractivity contribution is -0.116. The molecule has 0 fully saturated rings. The molecule has 2 aromatic rings. The number of amides is 1. The van der Waals surface area contributed by atoms with Gasteiger partial charge in [0, 0.05) is 22.6 Å². The fourth-order valence-electron chi connectivity index (χ4n) is 3.55. The zero-order chi connectivity index (χ0) is 22.0. The first-order chi connectivity index (χ1) is 15.1. The number of methoxy groups -OCH3 is 3. The third kappa shape index (κ3) is 3.81. The summed E-state index contributed by atoms with van der Waals surface area (Å²) in [6.45, 7) is 2.08. The van der Waals surface area contributed by atoms with Crippen molar-refractivity contribution in [2.24, 2.45) is 10.1 Å². The number of carbonyl (C=O) groups is 1. The van der Waals surface area contributed by atoms with Crippen molar-refractivity contribution < 1.29 is 19.0 Å². The molecule has 1 atom stereocenters. The van der Waals surface area contributed by atoms with Crippen LogP contribution in [0.5, 0.6) is 17.2 Å². The molecule has 1 N–H and O–H groups in total. The molecule has 0 saturated heterocycles. The maximum atomic E-state index is 13.1. The van der Waals surface area contributed by atoms with Gasteiger partial charge in [0.1, 0.15) is 11.4 Å². The van der Waals surface area contributed by atoms with Crippen LogP contribution in [-0.4, -0.2) is 43.2 Å². The number of rotatable bonds is 6. The second-order valence-electron chi connectivity index (χ2n) is 6.87. The summed E-state index contributed by atoms with van der Waals surface area (Å²) >= 11 is 1.50. The van der Waals surface area contributed by atoms with Gasteiger partial charge in [-0.1, -0.05) is 36.9 Å². The quantitative estimate of drug-likeness (QED) is 0.740. The maximum Gasteiger partial charge on any atom is 0.276 e. The highest BCUT2D eigenvalue weighted by atomic mass is 32.2. The van der Waals surface area contributed by atoms with E-state index in [0.29, 0.717) is 39.0 Å². The van der Waals surface area contributed by atoms with E-state index in [-0.39, 0.29) is 5.91 Å². The predicted octanol–water partition coefficient (Wildman–Crippen LogP) is 2.00. The first-order valence-corrected chi connectivity index (χ1v) is 10.9. The standard InChI is InChI=1S/C22H24N4O4S/c1-5-10-31-22-24-21(27)19-13-8-6-7-9-15(13)23-20(26(19)25-22)14-11-17(29-3)18(30-4)12-16(14)28-2/h6-9,11-12,20H,5,10H2,1-4H3,(H,24,25,27)/t20-/m0/s1. The molecule has 4 rings (SSSR count). The lowest BCUT2D eigenvalue weighted by Gasteiger charge is -2.34. The van der Waals surface area contributed by atoms with Crippen LogP contribution in [0, 0.1) is 0 Å². The van der Waals surface area contributed by atoms with Gasteiger partial charge >= 0.3 is 0 Å². The van der Waals surface area contributed by atoms with Crippen molar-refractivity contribution in [1.82, 2.24) is 10.3 Å². The van der Waals surface area contributed by atoms with Crippen LogP contribution in [0.4, 0.5) is 0 Å². The molecule has 0 aromatic heterocycles. The van der Waals surface area contributed by atoms with Gasteiger partial charge in [-0.05, 0) is 18.6 Å². The van der Waals surface area contributed by atoms with Crippen LogP contribution in [0.3, 0.4) is 0 Å². The van der Waals surface area contributed by atoms with E-state index in [2.05, 4.69) is 12.2 Å². The van der Waals surface area contributed by atoms with Gasteiger partial charge in [0.2, 0.25) is 0 Å². The Morgan fingerprint density at radius 3 is 2.48 bits per heavy atom. The van der Waals surface area contributed by atoms with Crippen molar-refractivity contribution in [2.75, 3.05) is 27.1 Å². The summed E-state index contributed by atoms with van der Waals surface area (Å²) in [5.74, 6) is 2.29. The number of nitrogens with zero attached hydrogens (tertiary/aromatic N) is 3. The number of carbonyl (C=O) groups excluding carboxylic acids is 1. The van der Waals surface area contributed by atoms with E-state index in [1.54, 1.807) is 32.4 Å². The number of fused-ring (bicyclic) bond motifs is 2. The van der Waals surface area contributed by atoms with Gasteiger partial charge < -0.3 is 14.2 Å². The van der Waals surface area contributed by atoms with Crippen LogP contribution >= 0.6 is 11.8 Å². The van der Waals surface area contributed by atoms with Crippen LogP contribution in [-0.2, 0) is 4.79 Å². The molecule has 8 nitrogen and oxygen atoms in total. The molecule has 0 saturated carbocycles. The van der Waals surface area contributed by atoms with Gasteiger partial charge in [-0.25, -0.2) is 5.01 Å². The Balaban J connectivity index is 1.94. The fraction of sp³-hybridized carbons (Fsp3) is 0.318. The molecule has 0 unspecified atom stereocenters. The van der Waals surface area contributed by atoms with Crippen molar-refractivity contribution >= 4 is 28.5 Å². The SMILES string of the molecule is CCCSC1=NN2C(=c3ccccc3=N[C@@H]2c2cc(OC)c(OC)cc2OC)C(=O)N1. The molecular weight excluding hydrogens is 416 g/mol. The van der Waals surface area contributed by atoms with E-state index in [1.165, 1.54) is 11.8 Å². The number of ether oxygens (including phenoxy) is 3. The number of hydrogen-bond donors (Lipinski definition) is 1. The first kappa shape index (κ1) is 21.0. The van der Waals surface area contributed by atoms with Crippen molar-refractivity contribution in [2.45, 2.75) is 19.5 Å². The summed E-state index contributed by atoms with van der Waals surface area (Å²) in [4.78, 5) is 18.0. The predicted molar refractivity (Wildman–Crippen MR) is 120 cm³/mol. The molecule has 2 aliphatic heterocycles. The second-order valence-corrected chi connectivity index (χ2v) is 7.95. The molecule has 2 heterocycles. The molecular formula is C22H24N4O4S. The molecule has 1 amide bonds. The fourth-order valence-corrected chi connectivity index (χ4v) is 4.26. The lowest BCUT2D eigenvalue weighted by atomic mass is 10.1. The molecule has 2 aromatic carbocycles. The summed E-state index contributed by atoms with van der Waals surface area (Å²) in [5, 5.41) is 11.3. The smallest absolute Gasteiger partial charge is 0.276 e. The average Bonchev–Trinajstić information content (AvgIpc) is 2.81. The third-order valence-corrected chi connectivity index (χ3v) is 6.04. The molecule has 0 aliphatic carbocycles. The number of nitrogens with one attached hydrogen (secondary N) is 1. The largest absolute Gasteiger partial charge is 0.496 e. The lowest BCUT2D eigenvalue weighted by Crippen LogP contribution is -2.50. The highest BCUT2D eigenvalue weighted by Gasteiger charge is 2.36. The zero-order valence-electron chi connectivity index (χ0n) is 17.8. The van der Waals surface area contributed by atoms with E-state index >= 15 is 0 Å². The molecule has 9 heteroatoms. The Labute approximate surface area is 184 Å². The minimum atomic E-state index is -0.608. The monoisotopic (exact) mass is 440 g/mol. The van der Waals surface area contributed by atoms with E-state index in [4.69, 9.17) is 24.3 Å². The number of para-hydroxylation sites is 1. The molecule has 2 aliphatic rings. The highest BCUT2D eigenvalue weighted by Crippen LogP contribution is 2.41. The number of amidine groups is 1. The second kappa shape index (κ2) is 8.89. The zero-order valence-corrected chi connectivity index (χ0v) is 18.7. The van der Waals surface area contributed by atoms with Crippen LogP contribution in [0.2, 0.25) is 0 Å². The van der Waals surface area contributed by atoms with Crippen LogP contribution < -0.4 is 30.1 Å². The molecule has 162 valence electrons. The van der Waals surface area contributed by atoms with Gasteiger partial charge in [0.15, 0.2) is 22.8 Å². The number of benzene rings is 2. The summed E-state index contributed by atoms with van der Waals surface area (Å²) in [6, 6.07) is 11.1. The summed E-state index contributed by atoms with van der Waals surface area (Å²) < 4.78 is 16.6. The van der Waals surface area contributed by atoms with Crippen LogP contribution in [0.15, 0.2) is 46.5 Å². The van der Waals surface area contributed by atoms with Crippen LogP contribution in [0.25, 0.3) is 5.70 Å². The average molecular weight is 441 g/mol. The third-order valence-electron chi connectivity index (χ3n) is 4.97. The first-order valence-electron chi connectivity index (χ1n) is 9.90. The van der Waals surface area contributed by atoms with Gasteiger partial charge in [-0.15, -0.1) is 5.10 Å². The Morgan fingerprint density at radius 2 is 1.77 bits per heavy atom. The Bertz CT molecular complexity index is 1160. The molecule has 0 radical (unpaired) electrons. The van der Waals surface area contributed by atoms with Crippen LogP contribution in [0.1, 0.15) is 25.1 Å². The maximum absolute atomic E-state index is 13.1. The number of thioether (sulfide) groups is 1. The van der Waals surface area contributed by atoms with Crippen molar-refractivity contribution in [3.8, 4) is 17.2 Å². The van der Waals surface area contributed by atoms with E-state index in [1.807, 2.05) is 30.3 Å². The Hall–Kier alpha value is -3.20. The Morgan fingerprint density at radius 1 is 1.06 bits per heavy atom. The highest BCUT2D eigenvalue weighted by molar-refractivity contribution is 8.13. The minimum Gasteiger partial charge on any atom is -0.496 e. The number of hydrazone groups is 1. The topological polar surface area (TPSA) is 84.8 Å².